The average Bonchev–Trinajstić information content (AvgIpc) is 2.62. The van der Waals surface area contributed by atoms with Crippen molar-refractivity contribution < 1.29 is 14.3 Å². The number of ketones is 1. The van der Waals surface area contributed by atoms with Crippen LogP contribution in [0.1, 0.15) is 10.4 Å². The highest BCUT2D eigenvalue weighted by molar-refractivity contribution is 8.93. The zero-order chi connectivity index (χ0) is 17.8. The highest BCUT2D eigenvalue weighted by Gasteiger charge is 2.13. The van der Waals surface area contributed by atoms with Crippen molar-refractivity contribution in [2.24, 2.45) is 0 Å². The predicted octanol–water partition coefficient (Wildman–Crippen LogP) is 4.06. The monoisotopic (exact) mass is 434 g/mol. The fraction of sp³-hybridized carbons (Fsp3) is 0.0556. The number of benzene rings is 2. The summed E-state index contributed by atoms with van der Waals surface area (Å²) in [5.74, 6) is -0.155. The van der Waals surface area contributed by atoms with Crippen LogP contribution in [0.25, 0.3) is 11.3 Å². The third-order valence-electron chi connectivity index (χ3n) is 3.62. The van der Waals surface area contributed by atoms with Gasteiger partial charge in [0.25, 0.3) is 12.0 Å². The van der Waals surface area contributed by atoms with Crippen molar-refractivity contribution in [1.29, 1.82) is 0 Å². The quantitative estimate of drug-likeness (QED) is 0.262. The average molecular weight is 436 g/mol. The number of hydrogen-bond acceptors (Lipinski definition) is 4. The second-order valence-electron chi connectivity index (χ2n) is 5.36. The molecule has 0 saturated carbocycles. The first-order chi connectivity index (χ1) is 12.0. The van der Waals surface area contributed by atoms with Crippen LogP contribution in [0, 0.1) is 10.1 Å². The van der Waals surface area contributed by atoms with E-state index in [1.807, 2.05) is 18.2 Å². The Morgan fingerprint density at radius 3 is 2.46 bits per heavy atom. The van der Waals surface area contributed by atoms with E-state index in [4.69, 9.17) is 11.6 Å². The molecule has 0 fully saturated rings. The summed E-state index contributed by atoms with van der Waals surface area (Å²) >= 11 is 5.97. The Morgan fingerprint density at radius 1 is 1.15 bits per heavy atom. The highest BCUT2D eigenvalue weighted by atomic mass is 79.9. The number of aromatic nitrogens is 2. The van der Waals surface area contributed by atoms with Crippen molar-refractivity contribution in [3.63, 3.8) is 0 Å². The molecule has 3 aromatic rings. The number of carbonyl (C=O) groups excluding carboxylic acids is 1. The van der Waals surface area contributed by atoms with Gasteiger partial charge in [-0.3, -0.25) is 14.9 Å². The van der Waals surface area contributed by atoms with Crippen LogP contribution in [0.3, 0.4) is 0 Å². The minimum Gasteiger partial charge on any atom is -0.290 e. The van der Waals surface area contributed by atoms with Gasteiger partial charge >= 0.3 is 0 Å². The Hall–Kier alpha value is -2.64. The molecule has 0 aliphatic carbocycles. The van der Waals surface area contributed by atoms with E-state index in [9.17, 15) is 14.9 Å². The van der Waals surface area contributed by atoms with Crippen molar-refractivity contribution >= 4 is 40.1 Å². The number of non-ortho nitro benzene ring substituents is 1. The van der Waals surface area contributed by atoms with Gasteiger partial charge in [-0.05, 0) is 29.2 Å². The summed E-state index contributed by atoms with van der Waals surface area (Å²) in [4.78, 5) is 26.7. The maximum Gasteiger partial charge on any atom is 0.287 e. The summed E-state index contributed by atoms with van der Waals surface area (Å²) in [6.07, 6.45) is 3.33. The zero-order valence-electron chi connectivity index (χ0n) is 13.4. The summed E-state index contributed by atoms with van der Waals surface area (Å²) in [5.41, 5.74) is 2.01. The Labute approximate surface area is 165 Å². The number of carbonyl (C=O) groups is 1. The molecule has 1 heterocycles. The van der Waals surface area contributed by atoms with Crippen LogP contribution in [0.5, 0.6) is 0 Å². The van der Waals surface area contributed by atoms with Gasteiger partial charge in [-0.1, -0.05) is 23.7 Å². The molecule has 0 atom stereocenters. The van der Waals surface area contributed by atoms with Gasteiger partial charge in [-0.25, -0.2) is 4.57 Å². The van der Waals surface area contributed by atoms with E-state index >= 15 is 0 Å². The number of rotatable bonds is 5. The molecule has 26 heavy (non-hydrogen) atoms. The summed E-state index contributed by atoms with van der Waals surface area (Å²) in [7, 11) is 0. The van der Waals surface area contributed by atoms with Gasteiger partial charge in [0.1, 0.15) is 0 Å². The fourth-order valence-corrected chi connectivity index (χ4v) is 2.51. The van der Waals surface area contributed by atoms with E-state index in [1.165, 1.54) is 24.3 Å². The molecular weight excluding hydrogens is 422 g/mol. The Morgan fingerprint density at radius 2 is 1.88 bits per heavy atom. The Bertz CT molecular complexity index is 931. The number of nitro benzene ring substituents is 1. The van der Waals surface area contributed by atoms with Gasteiger partial charge in [-0.15, -0.1) is 17.0 Å². The summed E-state index contributed by atoms with van der Waals surface area (Å²) in [5, 5.41) is 11.3. The standard InChI is InChI=1S/C18H13ClN3O3.BrH/c19-15-3-1-2-14(10-15)17-8-9-21(12-20-17)11-18(23)13-4-6-16(7-5-13)22(24)25;/h1-10,12H,11H2;1H/q+1;. The Kier molecular flexibility index (Phi) is 6.54. The predicted molar refractivity (Wildman–Crippen MR) is 103 cm³/mol. The molecule has 0 saturated heterocycles. The van der Waals surface area contributed by atoms with E-state index in [2.05, 4.69) is 4.98 Å². The zero-order valence-corrected chi connectivity index (χ0v) is 15.9. The molecule has 2 aromatic carbocycles. The van der Waals surface area contributed by atoms with Crippen molar-refractivity contribution in [2.45, 2.75) is 6.54 Å². The van der Waals surface area contributed by atoms with Crippen LogP contribution in [0.4, 0.5) is 5.69 Å². The molecule has 0 aliphatic heterocycles. The first kappa shape index (κ1) is 19.7. The number of halogens is 2. The summed E-state index contributed by atoms with van der Waals surface area (Å²) in [6, 6.07) is 14.7. The third kappa shape index (κ3) is 4.71. The molecule has 0 amide bonds. The minimum absolute atomic E-state index is 0. The van der Waals surface area contributed by atoms with Crippen LogP contribution in [-0.4, -0.2) is 15.7 Å². The summed E-state index contributed by atoms with van der Waals surface area (Å²) < 4.78 is 1.65. The molecule has 0 bridgehead atoms. The summed E-state index contributed by atoms with van der Waals surface area (Å²) in [6.45, 7) is 0.0979. The van der Waals surface area contributed by atoms with Crippen molar-refractivity contribution in [3.05, 3.63) is 87.8 Å². The van der Waals surface area contributed by atoms with Crippen LogP contribution in [-0.2, 0) is 6.54 Å². The number of Topliss-reactive ketones (excluding diaryl/α,β-unsaturated/α-hetero) is 1. The number of nitro groups is 1. The van der Waals surface area contributed by atoms with Gasteiger partial charge in [0.2, 0.25) is 5.78 Å². The van der Waals surface area contributed by atoms with Crippen LogP contribution in [0.15, 0.2) is 67.1 Å². The molecular formula is C18H14BrClN3O3+. The molecule has 0 unspecified atom stereocenters. The second kappa shape index (κ2) is 8.64. The Balaban J connectivity index is 0.00000243. The molecule has 0 spiro atoms. The third-order valence-corrected chi connectivity index (χ3v) is 3.85. The van der Waals surface area contributed by atoms with Crippen molar-refractivity contribution in [3.8, 4) is 11.3 Å². The fourth-order valence-electron chi connectivity index (χ4n) is 2.32. The van der Waals surface area contributed by atoms with E-state index in [0.717, 1.165) is 11.3 Å². The molecule has 8 heteroatoms. The smallest absolute Gasteiger partial charge is 0.287 e. The van der Waals surface area contributed by atoms with Crippen molar-refractivity contribution in [2.75, 3.05) is 0 Å². The van der Waals surface area contributed by atoms with E-state index in [0.29, 0.717) is 10.6 Å². The minimum atomic E-state index is -0.499. The van der Waals surface area contributed by atoms with Gasteiger partial charge in [0, 0.05) is 34.3 Å². The lowest BCUT2D eigenvalue weighted by molar-refractivity contribution is -0.686. The lowest BCUT2D eigenvalue weighted by atomic mass is 10.1. The second-order valence-corrected chi connectivity index (χ2v) is 5.79. The molecule has 0 radical (unpaired) electrons. The van der Waals surface area contributed by atoms with Crippen molar-refractivity contribution in [1.82, 2.24) is 4.98 Å². The van der Waals surface area contributed by atoms with E-state index in [-0.39, 0.29) is 35.0 Å². The molecule has 0 N–H and O–H groups in total. The highest BCUT2D eigenvalue weighted by Crippen LogP contribution is 2.19. The first-order valence-corrected chi connectivity index (χ1v) is 7.79. The molecule has 1 aromatic heterocycles. The van der Waals surface area contributed by atoms with Gasteiger partial charge < -0.3 is 0 Å². The van der Waals surface area contributed by atoms with E-state index < -0.39 is 4.92 Å². The molecule has 132 valence electrons. The number of nitrogens with zero attached hydrogens (tertiary/aromatic N) is 3. The molecule has 3 rings (SSSR count). The topological polar surface area (TPSA) is 77.0 Å². The maximum absolute atomic E-state index is 12.3. The lowest BCUT2D eigenvalue weighted by Gasteiger charge is -2.01. The normalized spacial score (nSPS) is 10.0. The lowest BCUT2D eigenvalue weighted by Crippen LogP contribution is -2.37. The van der Waals surface area contributed by atoms with Gasteiger partial charge in [0.15, 0.2) is 12.2 Å². The van der Waals surface area contributed by atoms with Gasteiger partial charge in [-0.2, -0.15) is 0 Å². The van der Waals surface area contributed by atoms with Crippen LogP contribution in [0.2, 0.25) is 5.02 Å². The maximum atomic E-state index is 12.3. The SMILES string of the molecule is Br.O=C(C[n+]1ccc(-c2cccc(Cl)c2)nc1)c1ccc([N+](=O)[O-])cc1. The molecule has 6 nitrogen and oxygen atoms in total. The van der Waals surface area contributed by atoms with Gasteiger partial charge in [0.05, 0.1) is 11.1 Å². The largest absolute Gasteiger partial charge is 0.290 e. The first-order valence-electron chi connectivity index (χ1n) is 7.41. The van der Waals surface area contributed by atoms with Crippen LogP contribution < -0.4 is 4.57 Å². The molecule has 0 aliphatic rings. The number of hydrogen-bond donors (Lipinski definition) is 0. The van der Waals surface area contributed by atoms with E-state index in [1.54, 1.807) is 29.2 Å². The van der Waals surface area contributed by atoms with Crippen LogP contribution >= 0.6 is 28.6 Å².